The van der Waals surface area contributed by atoms with E-state index < -0.39 is 0 Å². The van der Waals surface area contributed by atoms with Crippen molar-refractivity contribution in [3.05, 3.63) is 28.5 Å². The van der Waals surface area contributed by atoms with Crippen LogP contribution in [0.15, 0.2) is 11.6 Å². The van der Waals surface area contributed by atoms with E-state index in [-0.39, 0.29) is 5.97 Å². The average Bonchev–Trinajstić information content (AvgIpc) is 2.95. The Labute approximate surface area is 109 Å². The Morgan fingerprint density at radius 3 is 2.89 bits per heavy atom. The summed E-state index contributed by atoms with van der Waals surface area (Å²) in [6, 6.07) is 0. The summed E-state index contributed by atoms with van der Waals surface area (Å²) in [5, 5.41) is 6.98. The third-order valence-electron chi connectivity index (χ3n) is 2.59. The Balaban J connectivity index is 2.33. The molecule has 2 rings (SSSR count). The van der Waals surface area contributed by atoms with Crippen LogP contribution in [0.3, 0.4) is 0 Å². The quantitative estimate of drug-likeness (QED) is 0.796. The molecule has 0 amide bonds. The molecular weight excluding hydrogens is 250 g/mol. The Morgan fingerprint density at radius 1 is 1.50 bits per heavy atom. The van der Waals surface area contributed by atoms with Crippen LogP contribution >= 0.6 is 11.3 Å². The highest BCUT2D eigenvalue weighted by Gasteiger charge is 2.17. The third-order valence-corrected chi connectivity index (χ3v) is 3.45. The zero-order valence-corrected chi connectivity index (χ0v) is 11.5. The molecule has 0 bridgehead atoms. The molecule has 0 radical (unpaired) electrons. The molecule has 0 aliphatic carbocycles. The minimum Gasteiger partial charge on any atom is -0.462 e. The Hall–Kier alpha value is -1.69. The van der Waals surface area contributed by atoms with E-state index in [4.69, 9.17) is 4.74 Å². The molecule has 0 N–H and O–H groups in total. The van der Waals surface area contributed by atoms with Gasteiger partial charge in [-0.25, -0.2) is 14.5 Å². The highest BCUT2D eigenvalue weighted by Crippen LogP contribution is 2.19. The summed E-state index contributed by atoms with van der Waals surface area (Å²) in [7, 11) is 0. The molecule has 0 unspecified atom stereocenters. The molecule has 6 heteroatoms. The molecule has 0 atom stereocenters. The van der Waals surface area contributed by atoms with Crippen molar-refractivity contribution >= 4 is 17.3 Å². The highest BCUT2D eigenvalue weighted by molar-refractivity contribution is 7.12. The summed E-state index contributed by atoms with van der Waals surface area (Å²) in [4.78, 5) is 16.1. The number of esters is 1. The molecule has 2 heterocycles. The smallest absolute Gasteiger partial charge is 0.341 e. The van der Waals surface area contributed by atoms with E-state index in [9.17, 15) is 4.79 Å². The van der Waals surface area contributed by atoms with Gasteiger partial charge in [-0.2, -0.15) is 5.10 Å². The number of aryl methyl sites for hydroxylation is 1. The van der Waals surface area contributed by atoms with Crippen molar-refractivity contribution in [1.82, 2.24) is 14.8 Å². The molecule has 0 fully saturated rings. The van der Waals surface area contributed by atoms with Gasteiger partial charge in [0.15, 0.2) is 0 Å². The van der Waals surface area contributed by atoms with Crippen LogP contribution in [0.25, 0.3) is 5.13 Å². The fourth-order valence-electron chi connectivity index (χ4n) is 1.57. The largest absolute Gasteiger partial charge is 0.462 e. The molecule has 18 heavy (non-hydrogen) atoms. The lowest BCUT2D eigenvalue weighted by molar-refractivity contribution is 0.0525. The highest BCUT2D eigenvalue weighted by atomic mass is 32.1. The van der Waals surface area contributed by atoms with Gasteiger partial charge in [0, 0.05) is 5.38 Å². The summed E-state index contributed by atoms with van der Waals surface area (Å²) >= 11 is 1.52. The summed E-state index contributed by atoms with van der Waals surface area (Å²) in [5.74, 6) is -0.339. The van der Waals surface area contributed by atoms with Gasteiger partial charge in [-0.1, -0.05) is 6.92 Å². The van der Waals surface area contributed by atoms with Crippen molar-refractivity contribution in [1.29, 1.82) is 0 Å². The molecule has 0 aliphatic heterocycles. The number of ether oxygens (including phenoxy) is 1. The monoisotopic (exact) mass is 265 g/mol. The van der Waals surface area contributed by atoms with E-state index in [1.807, 2.05) is 12.3 Å². The topological polar surface area (TPSA) is 57.0 Å². The summed E-state index contributed by atoms with van der Waals surface area (Å²) in [6.45, 7) is 6.04. The molecule has 5 nitrogen and oxygen atoms in total. The summed E-state index contributed by atoms with van der Waals surface area (Å²) < 4.78 is 6.65. The number of carbonyl (C=O) groups is 1. The minimum atomic E-state index is -0.339. The van der Waals surface area contributed by atoms with E-state index >= 15 is 0 Å². The fraction of sp³-hybridized carbons (Fsp3) is 0.417. The van der Waals surface area contributed by atoms with Crippen LogP contribution in [0.5, 0.6) is 0 Å². The standard InChI is InChI=1S/C12H15N3O2S/c1-4-9-7-18-12(14-9)15-8(3)10(6-13-15)11(16)17-5-2/h6-7H,4-5H2,1-3H3. The summed E-state index contributed by atoms with van der Waals surface area (Å²) in [5.41, 5.74) is 2.28. The fourth-order valence-corrected chi connectivity index (χ4v) is 2.48. The van der Waals surface area contributed by atoms with E-state index in [0.29, 0.717) is 12.2 Å². The van der Waals surface area contributed by atoms with Crippen LogP contribution in [-0.4, -0.2) is 27.3 Å². The van der Waals surface area contributed by atoms with Crippen molar-refractivity contribution < 1.29 is 9.53 Å². The van der Waals surface area contributed by atoms with E-state index in [1.54, 1.807) is 11.6 Å². The van der Waals surface area contributed by atoms with Gasteiger partial charge in [0.05, 0.1) is 24.2 Å². The Morgan fingerprint density at radius 2 is 2.28 bits per heavy atom. The SMILES string of the molecule is CCOC(=O)c1cnn(-c2nc(CC)cs2)c1C. The second-order valence-corrected chi connectivity index (χ2v) is 4.59. The molecule has 2 aromatic rings. The van der Waals surface area contributed by atoms with Crippen molar-refractivity contribution in [2.45, 2.75) is 27.2 Å². The van der Waals surface area contributed by atoms with Crippen molar-refractivity contribution in [2.24, 2.45) is 0 Å². The number of hydrogen-bond donors (Lipinski definition) is 0. The summed E-state index contributed by atoms with van der Waals surface area (Å²) in [6.07, 6.45) is 2.42. The zero-order valence-electron chi connectivity index (χ0n) is 10.6. The lowest BCUT2D eigenvalue weighted by Crippen LogP contribution is -2.06. The lowest BCUT2D eigenvalue weighted by Gasteiger charge is -2.01. The number of nitrogens with zero attached hydrogens (tertiary/aromatic N) is 3. The van der Waals surface area contributed by atoms with E-state index in [1.165, 1.54) is 17.5 Å². The number of hydrogen-bond acceptors (Lipinski definition) is 5. The van der Waals surface area contributed by atoms with Gasteiger partial charge in [0.2, 0.25) is 5.13 Å². The van der Waals surface area contributed by atoms with Gasteiger partial charge in [-0.3, -0.25) is 0 Å². The van der Waals surface area contributed by atoms with Crippen LogP contribution in [0.2, 0.25) is 0 Å². The molecule has 96 valence electrons. The van der Waals surface area contributed by atoms with Crippen LogP contribution in [-0.2, 0) is 11.2 Å². The first kappa shape index (κ1) is 12.8. The van der Waals surface area contributed by atoms with Crippen molar-refractivity contribution in [2.75, 3.05) is 6.61 Å². The number of carbonyl (C=O) groups excluding carboxylic acids is 1. The number of thiazole rings is 1. The molecule has 2 aromatic heterocycles. The van der Waals surface area contributed by atoms with E-state index in [0.717, 1.165) is 22.9 Å². The van der Waals surface area contributed by atoms with Crippen molar-refractivity contribution in [3.8, 4) is 5.13 Å². The second kappa shape index (κ2) is 5.30. The van der Waals surface area contributed by atoms with Gasteiger partial charge >= 0.3 is 5.97 Å². The molecule has 0 saturated heterocycles. The van der Waals surface area contributed by atoms with Crippen LogP contribution in [0.1, 0.15) is 35.6 Å². The van der Waals surface area contributed by atoms with Gasteiger partial charge in [0.25, 0.3) is 0 Å². The lowest BCUT2D eigenvalue weighted by atomic mass is 10.3. The van der Waals surface area contributed by atoms with Gasteiger partial charge in [0.1, 0.15) is 5.56 Å². The first-order chi connectivity index (χ1) is 8.67. The van der Waals surface area contributed by atoms with Gasteiger partial charge in [-0.05, 0) is 20.3 Å². The normalized spacial score (nSPS) is 10.6. The maximum atomic E-state index is 11.7. The van der Waals surface area contributed by atoms with Gasteiger partial charge in [-0.15, -0.1) is 11.3 Å². The molecular formula is C12H15N3O2S. The first-order valence-electron chi connectivity index (χ1n) is 5.83. The van der Waals surface area contributed by atoms with Crippen LogP contribution in [0, 0.1) is 6.92 Å². The van der Waals surface area contributed by atoms with Crippen LogP contribution < -0.4 is 0 Å². The van der Waals surface area contributed by atoms with Crippen LogP contribution in [0.4, 0.5) is 0 Å². The zero-order chi connectivity index (χ0) is 13.1. The minimum absolute atomic E-state index is 0.339. The maximum absolute atomic E-state index is 11.7. The molecule has 0 aromatic carbocycles. The Kier molecular flexibility index (Phi) is 3.76. The molecule has 0 saturated carbocycles. The number of aromatic nitrogens is 3. The number of rotatable bonds is 4. The maximum Gasteiger partial charge on any atom is 0.341 e. The van der Waals surface area contributed by atoms with Crippen molar-refractivity contribution in [3.63, 3.8) is 0 Å². The third kappa shape index (κ3) is 2.28. The van der Waals surface area contributed by atoms with E-state index in [2.05, 4.69) is 17.0 Å². The molecule has 0 spiro atoms. The second-order valence-electron chi connectivity index (χ2n) is 3.75. The Bertz CT molecular complexity index is 559. The first-order valence-corrected chi connectivity index (χ1v) is 6.71. The molecule has 0 aliphatic rings. The average molecular weight is 265 g/mol. The predicted octanol–water partition coefficient (Wildman–Crippen LogP) is 2.38. The van der Waals surface area contributed by atoms with Gasteiger partial charge < -0.3 is 4.74 Å². The predicted molar refractivity (Wildman–Crippen MR) is 69.3 cm³/mol.